The largest absolute Gasteiger partial charge is 0.342 e. The van der Waals surface area contributed by atoms with Gasteiger partial charge >= 0.3 is 0 Å². The van der Waals surface area contributed by atoms with Gasteiger partial charge in [-0.05, 0) is 38.0 Å². The Morgan fingerprint density at radius 2 is 2.06 bits per heavy atom. The Bertz CT molecular complexity index is 234. The van der Waals surface area contributed by atoms with Crippen molar-refractivity contribution in [2.45, 2.75) is 51.5 Å². The first-order valence-electron chi connectivity index (χ1n) is 6.80. The van der Waals surface area contributed by atoms with Crippen LogP contribution in [-0.4, -0.2) is 36.5 Å². The summed E-state index contributed by atoms with van der Waals surface area (Å²) in [6, 6.07) is 0.718. The van der Waals surface area contributed by atoms with E-state index in [9.17, 15) is 4.79 Å². The van der Waals surface area contributed by atoms with Gasteiger partial charge < -0.3 is 10.2 Å². The van der Waals surface area contributed by atoms with Crippen LogP contribution in [0.3, 0.4) is 0 Å². The Kier molecular flexibility index (Phi) is 4.22. The highest BCUT2D eigenvalue weighted by molar-refractivity contribution is 5.76. The highest BCUT2D eigenvalue weighted by atomic mass is 16.2. The Morgan fingerprint density at radius 3 is 2.62 bits per heavy atom. The molecule has 1 N–H and O–H groups in total. The minimum atomic E-state index is 0.349. The predicted octanol–water partition coefficient (Wildman–Crippen LogP) is 1.78. The molecule has 0 aromatic rings. The summed E-state index contributed by atoms with van der Waals surface area (Å²) in [6.07, 6.45) is 7.02. The number of nitrogens with one attached hydrogen (secondary N) is 1. The molecular weight excluding hydrogens is 200 g/mol. The van der Waals surface area contributed by atoms with Crippen molar-refractivity contribution in [2.75, 3.05) is 19.6 Å². The van der Waals surface area contributed by atoms with Crippen LogP contribution in [-0.2, 0) is 4.79 Å². The average molecular weight is 224 g/mol. The van der Waals surface area contributed by atoms with E-state index in [0.717, 1.165) is 38.0 Å². The molecule has 92 valence electrons. The van der Waals surface area contributed by atoms with Crippen LogP contribution in [0, 0.1) is 5.92 Å². The fourth-order valence-electron chi connectivity index (χ4n) is 2.03. The van der Waals surface area contributed by atoms with E-state index in [-0.39, 0.29) is 0 Å². The van der Waals surface area contributed by atoms with Gasteiger partial charge in [-0.25, -0.2) is 0 Å². The maximum Gasteiger partial charge on any atom is 0.223 e. The number of hydrogen-bond donors (Lipinski definition) is 1. The molecule has 0 saturated heterocycles. The molecule has 2 aliphatic rings. The summed E-state index contributed by atoms with van der Waals surface area (Å²) in [4.78, 5) is 14.1. The van der Waals surface area contributed by atoms with Crippen LogP contribution in [0.2, 0.25) is 0 Å². The molecule has 16 heavy (non-hydrogen) atoms. The van der Waals surface area contributed by atoms with Crippen molar-refractivity contribution in [3.05, 3.63) is 0 Å². The standard InChI is InChI=1S/C13H24N2O/c1-2-9-15(10-11-3-4-11)13(16)7-8-14-12-5-6-12/h11-12,14H,2-10H2,1H3. The van der Waals surface area contributed by atoms with Crippen LogP contribution in [0.5, 0.6) is 0 Å². The van der Waals surface area contributed by atoms with Gasteiger partial charge in [-0.2, -0.15) is 0 Å². The zero-order valence-electron chi connectivity index (χ0n) is 10.4. The first-order chi connectivity index (χ1) is 7.79. The average Bonchev–Trinajstić information content (AvgIpc) is 3.12. The number of hydrogen-bond acceptors (Lipinski definition) is 2. The van der Waals surface area contributed by atoms with Gasteiger partial charge in [0.1, 0.15) is 0 Å². The fourth-order valence-corrected chi connectivity index (χ4v) is 2.03. The molecule has 2 rings (SSSR count). The minimum Gasteiger partial charge on any atom is -0.342 e. The van der Waals surface area contributed by atoms with Gasteiger partial charge in [0, 0.05) is 32.1 Å². The van der Waals surface area contributed by atoms with Crippen LogP contribution in [0.4, 0.5) is 0 Å². The van der Waals surface area contributed by atoms with Crippen molar-refractivity contribution in [2.24, 2.45) is 5.92 Å². The molecule has 3 nitrogen and oxygen atoms in total. The second kappa shape index (κ2) is 5.67. The topological polar surface area (TPSA) is 32.3 Å². The Morgan fingerprint density at radius 1 is 1.31 bits per heavy atom. The third-order valence-electron chi connectivity index (χ3n) is 3.37. The number of carbonyl (C=O) groups is 1. The summed E-state index contributed by atoms with van der Waals surface area (Å²) in [5, 5.41) is 3.41. The van der Waals surface area contributed by atoms with E-state index in [1.165, 1.54) is 25.7 Å². The highest BCUT2D eigenvalue weighted by Gasteiger charge is 2.26. The first kappa shape index (κ1) is 11.9. The third kappa shape index (κ3) is 4.12. The molecule has 2 fully saturated rings. The Labute approximate surface area is 98.6 Å². The molecule has 0 aromatic heterocycles. The van der Waals surface area contributed by atoms with Gasteiger partial charge in [-0.3, -0.25) is 4.79 Å². The van der Waals surface area contributed by atoms with Crippen LogP contribution in [0.25, 0.3) is 0 Å². The van der Waals surface area contributed by atoms with Gasteiger partial charge in [0.2, 0.25) is 5.91 Å². The Balaban J connectivity index is 1.64. The summed E-state index contributed by atoms with van der Waals surface area (Å²) in [6.45, 7) is 4.97. The van der Waals surface area contributed by atoms with Gasteiger partial charge in [0.25, 0.3) is 0 Å². The van der Waals surface area contributed by atoms with E-state index in [1.54, 1.807) is 0 Å². The van der Waals surface area contributed by atoms with Crippen molar-refractivity contribution in [1.29, 1.82) is 0 Å². The molecule has 3 heteroatoms. The molecule has 0 atom stereocenters. The van der Waals surface area contributed by atoms with Crippen LogP contribution in [0.15, 0.2) is 0 Å². The Hall–Kier alpha value is -0.570. The number of carbonyl (C=O) groups excluding carboxylic acids is 1. The second-order valence-electron chi connectivity index (χ2n) is 5.26. The van der Waals surface area contributed by atoms with Crippen molar-refractivity contribution in [1.82, 2.24) is 10.2 Å². The van der Waals surface area contributed by atoms with Crippen LogP contribution >= 0.6 is 0 Å². The van der Waals surface area contributed by atoms with E-state index in [2.05, 4.69) is 17.1 Å². The molecule has 0 heterocycles. The van der Waals surface area contributed by atoms with E-state index in [1.807, 2.05) is 0 Å². The van der Waals surface area contributed by atoms with Crippen LogP contribution in [0.1, 0.15) is 45.4 Å². The lowest BCUT2D eigenvalue weighted by Crippen LogP contribution is -2.35. The van der Waals surface area contributed by atoms with Gasteiger partial charge in [0.05, 0.1) is 0 Å². The normalized spacial score (nSPS) is 19.8. The van der Waals surface area contributed by atoms with Crippen molar-refractivity contribution < 1.29 is 4.79 Å². The fraction of sp³-hybridized carbons (Fsp3) is 0.923. The molecule has 2 aliphatic carbocycles. The van der Waals surface area contributed by atoms with E-state index in [0.29, 0.717) is 12.3 Å². The lowest BCUT2D eigenvalue weighted by Gasteiger charge is -2.22. The molecule has 0 bridgehead atoms. The predicted molar refractivity (Wildman–Crippen MR) is 65.2 cm³/mol. The summed E-state index contributed by atoms with van der Waals surface area (Å²) in [5.74, 6) is 1.16. The van der Waals surface area contributed by atoms with Crippen LogP contribution < -0.4 is 5.32 Å². The lowest BCUT2D eigenvalue weighted by atomic mass is 10.3. The summed E-state index contributed by atoms with van der Waals surface area (Å²) >= 11 is 0. The molecular formula is C13H24N2O. The number of amides is 1. The molecule has 0 aliphatic heterocycles. The molecule has 0 spiro atoms. The zero-order valence-corrected chi connectivity index (χ0v) is 10.4. The SMILES string of the molecule is CCCN(CC1CC1)C(=O)CCNC1CC1. The summed E-state index contributed by atoms with van der Waals surface area (Å²) in [5.41, 5.74) is 0. The number of rotatable bonds is 8. The maximum atomic E-state index is 12.0. The van der Waals surface area contributed by atoms with E-state index < -0.39 is 0 Å². The minimum absolute atomic E-state index is 0.349. The molecule has 0 radical (unpaired) electrons. The highest BCUT2D eigenvalue weighted by Crippen LogP contribution is 2.29. The van der Waals surface area contributed by atoms with Gasteiger partial charge in [-0.1, -0.05) is 6.92 Å². The molecule has 1 amide bonds. The molecule has 0 aromatic carbocycles. The first-order valence-corrected chi connectivity index (χ1v) is 6.80. The molecule has 2 saturated carbocycles. The van der Waals surface area contributed by atoms with Crippen molar-refractivity contribution in [3.63, 3.8) is 0 Å². The third-order valence-corrected chi connectivity index (χ3v) is 3.37. The summed E-state index contributed by atoms with van der Waals surface area (Å²) < 4.78 is 0. The van der Waals surface area contributed by atoms with E-state index in [4.69, 9.17) is 0 Å². The maximum absolute atomic E-state index is 12.0. The molecule has 0 unspecified atom stereocenters. The van der Waals surface area contributed by atoms with Gasteiger partial charge in [0.15, 0.2) is 0 Å². The lowest BCUT2D eigenvalue weighted by molar-refractivity contribution is -0.131. The van der Waals surface area contributed by atoms with Gasteiger partial charge in [-0.15, -0.1) is 0 Å². The monoisotopic (exact) mass is 224 g/mol. The second-order valence-corrected chi connectivity index (χ2v) is 5.26. The number of nitrogens with zero attached hydrogens (tertiary/aromatic N) is 1. The van der Waals surface area contributed by atoms with Crippen molar-refractivity contribution in [3.8, 4) is 0 Å². The van der Waals surface area contributed by atoms with E-state index >= 15 is 0 Å². The zero-order chi connectivity index (χ0) is 11.4. The smallest absolute Gasteiger partial charge is 0.223 e. The van der Waals surface area contributed by atoms with Crippen molar-refractivity contribution >= 4 is 5.91 Å². The summed E-state index contributed by atoms with van der Waals surface area (Å²) in [7, 11) is 0. The quantitative estimate of drug-likeness (QED) is 0.681.